The van der Waals surface area contributed by atoms with Crippen LogP contribution in [-0.4, -0.2) is 37.2 Å². The van der Waals surface area contributed by atoms with Gasteiger partial charge in [0.2, 0.25) is 0 Å². The van der Waals surface area contributed by atoms with E-state index in [0.717, 1.165) is 45.1 Å². The van der Waals surface area contributed by atoms with Gasteiger partial charge in [0, 0.05) is 57.2 Å². The van der Waals surface area contributed by atoms with Gasteiger partial charge in [-0.15, -0.1) is 24.0 Å². The molecule has 0 spiro atoms. The van der Waals surface area contributed by atoms with E-state index >= 15 is 0 Å². The second kappa shape index (κ2) is 11.1. The Morgan fingerprint density at radius 3 is 2.67 bits per heavy atom. The molecule has 1 aromatic heterocycles. The SMILES string of the molecule is CN=C(NCCCn1ccc2ccccc21)NCc1cccc(N2CC=CC2)c1.I. The number of nitrogens with one attached hydrogen (secondary N) is 2. The molecule has 30 heavy (non-hydrogen) atoms. The molecule has 0 aliphatic carbocycles. The van der Waals surface area contributed by atoms with E-state index in [-0.39, 0.29) is 24.0 Å². The van der Waals surface area contributed by atoms with Crippen molar-refractivity contribution in [3.05, 3.63) is 78.5 Å². The van der Waals surface area contributed by atoms with Gasteiger partial charge in [-0.1, -0.05) is 42.5 Å². The highest BCUT2D eigenvalue weighted by Crippen LogP contribution is 2.18. The van der Waals surface area contributed by atoms with Crippen LogP contribution in [0.1, 0.15) is 12.0 Å². The summed E-state index contributed by atoms with van der Waals surface area (Å²) in [6, 6.07) is 19.4. The lowest BCUT2D eigenvalue weighted by Gasteiger charge is -2.19. The number of halogens is 1. The zero-order chi connectivity index (χ0) is 19.9. The molecule has 5 nitrogen and oxygen atoms in total. The first-order valence-electron chi connectivity index (χ1n) is 10.3. The quantitative estimate of drug-likeness (QED) is 0.161. The minimum Gasteiger partial charge on any atom is -0.364 e. The predicted molar refractivity (Wildman–Crippen MR) is 138 cm³/mol. The zero-order valence-corrected chi connectivity index (χ0v) is 19.8. The first-order chi connectivity index (χ1) is 14.3. The minimum absolute atomic E-state index is 0. The Kier molecular flexibility index (Phi) is 8.19. The molecule has 3 aromatic rings. The Labute approximate surface area is 195 Å². The maximum Gasteiger partial charge on any atom is 0.191 e. The molecule has 0 saturated carbocycles. The van der Waals surface area contributed by atoms with Crippen molar-refractivity contribution in [2.45, 2.75) is 19.5 Å². The Morgan fingerprint density at radius 2 is 1.83 bits per heavy atom. The van der Waals surface area contributed by atoms with Crippen molar-refractivity contribution in [3.63, 3.8) is 0 Å². The lowest BCUT2D eigenvalue weighted by molar-refractivity contribution is 0.640. The van der Waals surface area contributed by atoms with E-state index in [1.807, 2.05) is 7.05 Å². The summed E-state index contributed by atoms with van der Waals surface area (Å²) >= 11 is 0. The maximum atomic E-state index is 4.35. The standard InChI is InChI=1S/C24H29N5.HI/c1-25-24(26-13-7-16-29-17-12-21-9-2-3-11-23(21)29)27-19-20-8-6-10-22(18-20)28-14-4-5-15-28;/h2-6,8-12,17-18H,7,13-16,19H2,1H3,(H2,25,26,27);1H. The summed E-state index contributed by atoms with van der Waals surface area (Å²) in [6.45, 7) is 4.62. The van der Waals surface area contributed by atoms with Gasteiger partial charge in [0.25, 0.3) is 0 Å². The van der Waals surface area contributed by atoms with Crippen LogP contribution in [0.4, 0.5) is 5.69 Å². The number of hydrogen-bond acceptors (Lipinski definition) is 2. The van der Waals surface area contributed by atoms with Crippen LogP contribution in [0, 0.1) is 0 Å². The summed E-state index contributed by atoms with van der Waals surface area (Å²) in [4.78, 5) is 6.72. The highest BCUT2D eigenvalue weighted by Gasteiger charge is 2.08. The van der Waals surface area contributed by atoms with Crippen molar-refractivity contribution in [2.75, 3.05) is 31.6 Å². The highest BCUT2D eigenvalue weighted by atomic mass is 127. The van der Waals surface area contributed by atoms with E-state index in [0.29, 0.717) is 0 Å². The van der Waals surface area contributed by atoms with Crippen molar-refractivity contribution in [3.8, 4) is 0 Å². The third-order valence-corrected chi connectivity index (χ3v) is 5.33. The highest BCUT2D eigenvalue weighted by molar-refractivity contribution is 14.0. The number of anilines is 1. The number of guanidine groups is 1. The van der Waals surface area contributed by atoms with E-state index in [1.54, 1.807) is 0 Å². The molecule has 0 fully saturated rings. The fourth-order valence-electron chi connectivity index (χ4n) is 3.75. The number of para-hydroxylation sites is 1. The van der Waals surface area contributed by atoms with Gasteiger partial charge < -0.3 is 20.1 Å². The molecule has 0 radical (unpaired) electrons. The number of benzene rings is 2. The largest absolute Gasteiger partial charge is 0.364 e. The number of hydrogen-bond donors (Lipinski definition) is 2. The van der Waals surface area contributed by atoms with Crippen LogP contribution in [0.15, 0.2) is 77.9 Å². The van der Waals surface area contributed by atoms with Crippen molar-refractivity contribution in [1.29, 1.82) is 0 Å². The first-order valence-corrected chi connectivity index (χ1v) is 10.3. The van der Waals surface area contributed by atoms with Gasteiger partial charge in [0.15, 0.2) is 5.96 Å². The van der Waals surface area contributed by atoms with E-state index in [9.17, 15) is 0 Å². The normalized spacial score (nSPS) is 13.5. The smallest absolute Gasteiger partial charge is 0.191 e. The molecule has 1 aliphatic rings. The average Bonchev–Trinajstić information content (AvgIpc) is 3.44. The Balaban J connectivity index is 0.00000256. The molecule has 1 aliphatic heterocycles. The van der Waals surface area contributed by atoms with Gasteiger partial charge in [-0.05, 0) is 41.6 Å². The van der Waals surface area contributed by atoms with E-state index in [1.165, 1.54) is 22.2 Å². The predicted octanol–water partition coefficient (Wildman–Crippen LogP) is 4.39. The number of aromatic nitrogens is 1. The molecule has 0 atom stereocenters. The Morgan fingerprint density at radius 1 is 1.00 bits per heavy atom. The van der Waals surface area contributed by atoms with Crippen LogP contribution in [0.2, 0.25) is 0 Å². The second-order valence-electron chi connectivity index (χ2n) is 7.32. The van der Waals surface area contributed by atoms with Gasteiger partial charge in [-0.2, -0.15) is 0 Å². The number of aryl methyl sites for hydroxylation is 1. The number of aliphatic imine (C=N–C) groups is 1. The second-order valence-corrected chi connectivity index (χ2v) is 7.32. The fourth-order valence-corrected chi connectivity index (χ4v) is 3.75. The fraction of sp³-hybridized carbons (Fsp3) is 0.292. The molecule has 0 bridgehead atoms. The third-order valence-electron chi connectivity index (χ3n) is 5.33. The van der Waals surface area contributed by atoms with Crippen molar-refractivity contribution in [2.24, 2.45) is 4.99 Å². The topological polar surface area (TPSA) is 44.6 Å². The number of rotatable bonds is 7. The summed E-state index contributed by atoms with van der Waals surface area (Å²) in [6.07, 6.45) is 7.64. The Hall–Kier alpha value is -2.48. The molecule has 158 valence electrons. The summed E-state index contributed by atoms with van der Waals surface area (Å²) in [7, 11) is 1.82. The molecular weight excluding hydrogens is 485 g/mol. The van der Waals surface area contributed by atoms with Crippen molar-refractivity contribution in [1.82, 2.24) is 15.2 Å². The summed E-state index contributed by atoms with van der Waals surface area (Å²) in [5.74, 6) is 0.843. The van der Waals surface area contributed by atoms with Crippen LogP contribution in [-0.2, 0) is 13.1 Å². The molecule has 0 saturated heterocycles. The molecule has 2 aromatic carbocycles. The minimum atomic E-state index is 0. The van der Waals surface area contributed by atoms with E-state index in [4.69, 9.17) is 0 Å². The maximum absolute atomic E-state index is 4.35. The lowest BCUT2D eigenvalue weighted by Crippen LogP contribution is -2.37. The summed E-state index contributed by atoms with van der Waals surface area (Å²) < 4.78 is 2.31. The Bertz CT molecular complexity index is 1000. The molecule has 2 N–H and O–H groups in total. The number of nitrogens with zero attached hydrogens (tertiary/aromatic N) is 3. The van der Waals surface area contributed by atoms with Gasteiger partial charge >= 0.3 is 0 Å². The van der Waals surface area contributed by atoms with E-state index in [2.05, 4.69) is 98.0 Å². The van der Waals surface area contributed by atoms with Gasteiger partial charge in [-0.25, -0.2) is 0 Å². The van der Waals surface area contributed by atoms with Gasteiger partial charge in [-0.3, -0.25) is 4.99 Å². The summed E-state index contributed by atoms with van der Waals surface area (Å²) in [5, 5.41) is 8.15. The summed E-state index contributed by atoms with van der Waals surface area (Å²) in [5.41, 5.74) is 3.83. The van der Waals surface area contributed by atoms with Crippen molar-refractivity contribution < 1.29 is 0 Å². The van der Waals surface area contributed by atoms with Crippen LogP contribution in [0.25, 0.3) is 10.9 Å². The van der Waals surface area contributed by atoms with Gasteiger partial charge in [0.05, 0.1) is 0 Å². The molecule has 0 unspecified atom stereocenters. The van der Waals surface area contributed by atoms with Gasteiger partial charge in [0.1, 0.15) is 0 Å². The molecule has 0 amide bonds. The molecule has 2 heterocycles. The first kappa shape index (κ1) is 22.2. The van der Waals surface area contributed by atoms with Crippen LogP contribution in [0.3, 0.4) is 0 Å². The zero-order valence-electron chi connectivity index (χ0n) is 17.4. The average molecular weight is 515 g/mol. The van der Waals surface area contributed by atoms with Crippen LogP contribution in [0.5, 0.6) is 0 Å². The molecule has 6 heteroatoms. The molecular formula is C24H30IN5. The monoisotopic (exact) mass is 515 g/mol. The molecule has 4 rings (SSSR count). The van der Waals surface area contributed by atoms with Crippen LogP contribution >= 0.6 is 24.0 Å². The van der Waals surface area contributed by atoms with Crippen molar-refractivity contribution >= 4 is 46.5 Å². The number of fused-ring (bicyclic) bond motifs is 1. The lowest BCUT2D eigenvalue weighted by atomic mass is 10.2. The van der Waals surface area contributed by atoms with Crippen LogP contribution < -0.4 is 15.5 Å². The van der Waals surface area contributed by atoms with E-state index < -0.39 is 0 Å². The third kappa shape index (κ3) is 5.56.